The molecule has 0 radical (unpaired) electrons. The lowest BCUT2D eigenvalue weighted by Crippen LogP contribution is -2.24. The fraction of sp³-hybridized carbons (Fsp3) is 0.143. The molecule has 3 rings (SSSR count). The molecule has 0 atom stereocenters. The van der Waals surface area contributed by atoms with Gasteiger partial charge in [0.15, 0.2) is 10.7 Å². The van der Waals surface area contributed by atoms with Crippen molar-refractivity contribution in [3.05, 3.63) is 52.7 Å². The number of fused-ring (bicyclic) bond motifs is 1. The average molecular weight is 391 g/mol. The molecule has 0 spiro atoms. The first-order valence-electron chi connectivity index (χ1n) is 6.83. The van der Waals surface area contributed by atoms with Crippen molar-refractivity contribution in [3.63, 3.8) is 0 Å². The second-order valence-corrected chi connectivity index (χ2v) is 7.17. The lowest BCUT2D eigenvalue weighted by Gasteiger charge is -2.11. The summed E-state index contributed by atoms with van der Waals surface area (Å²) >= 11 is 5.54. The second-order valence-electron chi connectivity index (χ2n) is 5.06. The van der Waals surface area contributed by atoms with Gasteiger partial charge in [0, 0.05) is 12.7 Å². The quantitative estimate of drug-likeness (QED) is 0.716. The summed E-state index contributed by atoms with van der Waals surface area (Å²) < 4.78 is 65.5. The van der Waals surface area contributed by atoms with E-state index in [2.05, 4.69) is 19.9 Å². The van der Waals surface area contributed by atoms with Gasteiger partial charge in [-0.25, -0.2) is 18.1 Å². The van der Waals surface area contributed by atoms with Gasteiger partial charge in [0.05, 0.1) is 16.0 Å². The topological polar surface area (TPSA) is 87.7 Å². The first kappa shape index (κ1) is 17.6. The van der Waals surface area contributed by atoms with Gasteiger partial charge in [-0.2, -0.15) is 18.3 Å². The van der Waals surface area contributed by atoms with Crippen molar-refractivity contribution in [1.29, 1.82) is 0 Å². The number of pyridine rings is 1. The fourth-order valence-electron chi connectivity index (χ4n) is 2.18. The Morgan fingerprint density at radius 2 is 2.00 bits per heavy atom. The number of nitrogens with one attached hydrogen (secondary N) is 2. The first-order chi connectivity index (χ1) is 11.7. The molecule has 25 heavy (non-hydrogen) atoms. The maximum atomic E-state index is 12.9. The van der Waals surface area contributed by atoms with Gasteiger partial charge < -0.3 is 0 Å². The zero-order chi connectivity index (χ0) is 18.2. The molecule has 1 aromatic carbocycles. The van der Waals surface area contributed by atoms with E-state index in [0.29, 0.717) is 0 Å². The molecule has 6 nitrogen and oxygen atoms in total. The standard InChI is InChI=1S/C14H10ClF3N4O2S/c15-11-4-3-8(6-10(11)14(16,17)18)7-20-25(23,24)13-9-2-1-5-19-12(9)21-22-13/h1-6,20H,7H2,(H,19,21,22). The Bertz CT molecular complexity index is 1030. The summed E-state index contributed by atoms with van der Waals surface area (Å²) in [5.41, 5.74) is -0.696. The number of aromatic nitrogens is 3. The third-order valence-corrected chi connectivity index (χ3v) is 5.07. The van der Waals surface area contributed by atoms with Crippen molar-refractivity contribution < 1.29 is 21.6 Å². The molecule has 0 bridgehead atoms. The van der Waals surface area contributed by atoms with Crippen LogP contribution in [0.4, 0.5) is 13.2 Å². The molecule has 0 aliphatic heterocycles. The maximum Gasteiger partial charge on any atom is 0.417 e. The molecular weight excluding hydrogens is 381 g/mol. The van der Waals surface area contributed by atoms with Gasteiger partial charge in [-0.3, -0.25) is 5.10 Å². The number of nitrogens with zero attached hydrogens (tertiary/aromatic N) is 2. The molecule has 0 aliphatic carbocycles. The van der Waals surface area contributed by atoms with Gasteiger partial charge in [-0.05, 0) is 29.8 Å². The summed E-state index contributed by atoms with van der Waals surface area (Å²) in [6, 6.07) is 6.25. The van der Waals surface area contributed by atoms with E-state index in [1.807, 2.05) is 0 Å². The number of sulfonamides is 1. The van der Waals surface area contributed by atoms with Crippen LogP contribution in [-0.2, 0) is 22.7 Å². The van der Waals surface area contributed by atoms with Gasteiger partial charge in [0.25, 0.3) is 10.0 Å². The lowest BCUT2D eigenvalue weighted by atomic mass is 10.1. The Balaban J connectivity index is 1.86. The molecule has 2 heterocycles. The number of hydrogen-bond acceptors (Lipinski definition) is 4. The van der Waals surface area contributed by atoms with Crippen molar-refractivity contribution in [2.45, 2.75) is 17.7 Å². The monoisotopic (exact) mass is 390 g/mol. The van der Waals surface area contributed by atoms with Crippen LogP contribution in [0.25, 0.3) is 11.0 Å². The number of alkyl halides is 3. The van der Waals surface area contributed by atoms with Crippen LogP contribution in [0.5, 0.6) is 0 Å². The highest BCUT2D eigenvalue weighted by Gasteiger charge is 2.33. The lowest BCUT2D eigenvalue weighted by molar-refractivity contribution is -0.137. The SMILES string of the molecule is O=S(=O)(NCc1ccc(Cl)c(C(F)(F)F)c1)c1[nH]nc2ncccc12. The first-order valence-corrected chi connectivity index (χ1v) is 8.69. The van der Waals surface area contributed by atoms with Crippen molar-refractivity contribution in [2.75, 3.05) is 0 Å². The van der Waals surface area contributed by atoms with Crippen molar-refractivity contribution in [3.8, 4) is 0 Å². The number of rotatable bonds is 4. The summed E-state index contributed by atoms with van der Waals surface area (Å²) in [5, 5.41) is 5.77. The summed E-state index contributed by atoms with van der Waals surface area (Å²) in [6.07, 6.45) is -3.17. The van der Waals surface area contributed by atoms with Crippen LogP contribution < -0.4 is 4.72 Å². The number of halogens is 4. The number of aromatic amines is 1. The van der Waals surface area contributed by atoms with Crippen molar-refractivity contribution >= 4 is 32.7 Å². The molecule has 0 aliphatic rings. The Morgan fingerprint density at radius 3 is 2.72 bits per heavy atom. The summed E-state index contributed by atoms with van der Waals surface area (Å²) in [6.45, 7) is -0.344. The highest BCUT2D eigenvalue weighted by Crippen LogP contribution is 2.35. The summed E-state index contributed by atoms with van der Waals surface area (Å²) in [5.74, 6) is 0. The smallest absolute Gasteiger partial charge is 0.263 e. The normalized spacial score (nSPS) is 12.6. The predicted octanol–water partition coefficient (Wildman–Crippen LogP) is 3.11. The van der Waals surface area contributed by atoms with E-state index in [4.69, 9.17) is 11.6 Å². The molecule has 2 N–H and O–H groups in total. The number of benzene rings is 1. The molecule has 0 saturated heterocycles. The van der Waals surface area contributed by atoms with Gasteiger partial charge >= 0.3 is 6.18 Å². The Hall–Kier alpha value is -2.17. The Morgan fingerprint density at radius 1 is 1.24 bits per heavy atom. The molecule has 0 unspecified atom stereocenters. The number of H-pyrrole nitrogens is 1. The molecule has 11 heteroatoms. The third-order valence-electron chi connectivity index (χ3n) is 3.37. The predicted molar refractivity (Wildman–Crippen MR) is 84.4 cm³/mol. The highest BCUT2D eigenvalue weighted by atomic mass is 35.5. The number of hydrogen-bond donors (Lipinski definition) is 2. The molecule has 132 valence electrons. The largest absolute Gasteiger partial charge is 0.417 e. The average Bonchev–Trinajstić information content (AvgIpc) is 2.98. The third kappa shape index (κ3) is 3.60. The van der Waals surface area contributed by atoms with E-state index in [9.17, 15) is 21.6 Å². The second kappa shape index (κ2) is 6.28. The molecule has 0 amide bonds. The minimum atomic E-state index is -4.63. The van der Waals surface area contributed by atoms with Gasteiger partial charge in [-0.15, -0.1) is 0 Å². The summed E-state index contributed by atoms with van der Waals surface area (Å²) in [7, 11) is -4.02. The van der Waals surface area contributed by atoms with Crippen molar-refractivity contribution in [2.24, 2.45) is 0 Å². The molecule has 2 aromatic heterocycles. The van der Waals surface area contributed by atoms with E-state index in [-0.39, 0.29) is 28.2 Å². The zero-order valence-electron chi connectivity index (χ0n) is 12.3. The van der Waals surface area contributed by atoms with Gasteiger partial charge in [-0.1, -0.05) is 17.7 Å². The van der Waals surface area contributed by atoms with Crippen molar-refractivity contribution in [1.82, 2.24) is 19.9 Å². The Kier molecular flexibility index (Phi) is 4.43. The van der Waals surface area contributed by atoms with Crippen LogP contribution in [0, 0.1) is 0 Å². The van der Waals surface area contributed by atoms with Crippen LogP contribution in [-0.4, -0.2) is 23.6 Å². The molecule has 3 aromatic rings. The van der Waals surface area contributed by atoms with Crippen LogP contribution in [0.3, 0.4) is 0 Å². The van der Waals surface area contributed by atoms with Crippen LogP contribution in [0.1, 0.15) is 11.1 Å². The van der Waals surface area contributed by atoms with Gasteiger partial charge in [0.2, 0.25) is 0 Å². The minimum absolute atomic E-state index is 0.113. The fourth-order valence-corrected chi connectivity index (χ4v) is 3.52. The minimum Gasteiger partial charge on any atom is -0.263 e. The molecule has 0 saturated carbocycles. The van der Waals surface area contributed by atoms with Crippen LogP contribution in [0.15, 0.2) is 41.6 Å². The van der Waals surface area contributed by atoms with E-state index in [1.165, 1.54) is 18.3 Å². The molecule has 0 fully saturated rings. The Labute approximate surface area is 145 Å². The van der Waals surface area contributed by atoms with E-state index in [0.717, 1.165) is 12.1 Å². The van der Waals surface area contributed by atoms with Crippen LogP contribution in [0.2, 0.25) is 5.02 Å². The van der Waals surface area contributed by atoms with Gasteiger partial charge in [0.1, 0.15) is 0 Å². The van der Waals surface area contributed by atoms with E-state index >= 15 is 0 Å². The van der Waals surface area contributed by atoms with E-state index in [1.54, 1.807) is 6.07 Å². The van der Waals surface area contributed by atoms with Crippen LogP contribution >= 0.6 is 11.6 Å². The zero-order valence-corrected chi connectivity index (χ0v) is 13.9. The van der Waals surface area contributed by atoms with E-state index < -0.39 is 26.8 Å². The highest BCUT2D eigenvalue weighted by molar-refractivity contribution is 7.89. The molecular formula is C14H10ClF3N4O2S. The maximum absolute atomic E-state index is 12.9. The summed E-state index contributed by atoms with van der Waals surface area (Å²) in [4.78, 5) is 3.91.